The molecule has 1 atom stereocenters. The summed E-state index contributed by atoms with van der Waals surface area (Å²) in [5, 5.41) is 13.9. The maximum absolute atomic E-state index is 12.5. The maximum atomic E-state index is 12.5. The average molecular weight is 407 g/mol. The molecule has 1 amide bonds. The van der Waals surface area contributed by atoms with Gasteiger partial charge in [0.1, 0.15) is 0 Å². The monoisotopic (exact) mass is 406 g/mol. The van der Waals surface area contributed by atoms with E-state index < -0.39 is 14.9 Å². The molecule has 1 saturated heterocycles. The molecule has 0 spiro atoms. The van der Waals surface area contributed by atoms with Crippen LogP contribution < -0.4 is 5.32 Å². The number of nitrogens with one attached hydrogen (secondary N) is 1. The summed E-state index contributed by atoms with van der Waals surface area (Å²) in [6.07, 6.45) is 0.883. The fourth-order valence-corrected chi connectivity index (χ4v) is 3.99. The van der Waals surface area contributed by atoms with Crippen molar-refractivity contribution in [2.24, 2.45) is 5.92 Å². The fourth-order valence-electron chi connectivity index (χ4n) is 2.83. The molecular formula is C15H23ClN4O5S. The first kappa shape index (κ1) is 22.3. The number of carbonyl (C=O) groups excluding carboxylic acids is 1. The maximum Gasteiger partial charge on any atom is 0.270 e. The standard InChI is InChI=1S/C15H22N4O5S.ClH/c1-16-9-12-6-7-18(10-12)15(20)11-17(2)25(23,24)14-5-3-4-13(8-14)19(21)22;/h3-5,8,12,16H,6-7,9-11H2,1-2H3;1H. The molecule has 1 aliphatic heterocycles. The Morgan fingerprint density at radius 1 is 1.46 bits per heavy atom. The highest BCUT2D eigenvalue weighted by Gasteiger charge is 2.30. The van der Waals surface area contributed by atoms with E-state index >= 15 is 0 Å². The van der Waals surface area contributed by atoms with Crippen molar-refractivity contribution < 1.29 is 18.1 Å². The number of rotatable bonds is 7. The molecule has 1 unspecified atom stereocenters. The molecule has 26 heavy (non-hydrogen) atoms. The largest absolute Gasteiger partial charge is 0.341 e. The van der Waals surface area contributed by atoms with E-state index in [4.69, 9.17) is 0 Å². The lowest BCUT2D eigenvalue weighted by Gasteiger charge is -2.21. The van der Waals surface area contributed by atoms with Gasteiger partial charge in [-0.3, -0.25) is 14.9 Å². The van der Waals surface area contributed by atoms with Gasteiger partial charge < -0.3 is 10.2 Å². The number of nitro benzene ring substituents is 1. The van der Waals surface area contributed by atoms with Gasteiger partial charge in [-0.15, -0.1) is 12.4 Å². The number of hydrogen-bond donors (Lipinski definition) is 1. The van der Waals surface area contributed by atoms with Crippen molar-refractivity contribution in [1.82, 2.24) is 14.5 Å². The smallest absolute Gasteiger partial charge is 0.270 e. The number of sulfonamides is 1. The molecule has 1 aromatic rings. The number of hydrogen-bond acceptors (Lipinski definition) is 6. The topological polar surface area (TPSA) is 113 Å². The van der Waals surface area contributed by atoms with Crippen LogP contribution in [0.5, 0.6) is 0 Å². The minimum atomic E-state index is -3.97. The zero-order valence-electron chi connectivity index (χ0n) is 14.6. The van der Waals surface area contributed by atoms with Gasteiger partial charge in [0.15, 0.2) is 0 Å². The molecule has 0 aromatic heterocycles. The van der Waals surface area contributed by atoms with Crippen molar-refractivity contribution in [2.45, 2.75) is 11.3 Å². The Kier molecular flexibility index (Phi) is 7.94. The molecule has 9 nitrogen and oxygen atoms in total. The van der Waals surface area contributed by atoms with E-state index in [0.29, 0.717) is 19.0 Å². The highest BCUT2D eigenvalue weighted by atomic mass is 35.5. The quantitative estimate of drug-likeness (QED) is 0.527. The number of non-ortho nitro benzene ring substituents is 1. The van der Waals surface area contributed by atoms with Crippen molar-refractivity contribution in [2.75, 3.05) is 40.3 Å². The molecule has 146 valence electrons. The summed E-state index contributed by atoms with van der Waals surface area (Å²) in [5.41, 5.74) is -0.310. The van der Waals surface area contributed by atoms with E-state index in [2.05, 4.69) is 5.32 Å². The van der Waals surface area contributed by atoms with Gasteiger partial charge >= 0.3 is 0 Å². The molecule has 0 radical (unpaired) electrons. The van der Waals surface area contributed by atoms with Gasteiger partial charge in [0, 0.05) is 32.3 Å². The number of likely N-dealkylation sites (N-methyl/N-ethyl adjacent to an activating group) is 1. The molecular weight excluding hydrogens is 384 g/mol. The minimum absolute atomic E-state index is 0. The lowest BCUT2D eigenvalue weighted by atomic mass is 10.1. The summed E-state index contributed by atoms with van der Waals surface area (Å²) in [4.78, 5) is 24.0. The molecule has 1 aliphatic rings. The van der Waals surface area contributed by atoms with Crippen molar-refractivity contribution in [3.05, 3.63) is 34.4 Å². The van der Waals surface area contributed by atoms with Gasteiger partial charge in [-0.2, -0.15) is 4.31 Å². The summed E-state index contributed by atoms with van der Waals surface area (Å²) in [7, 11) is -0.824. The highest BCUT2D eigenvalue weighted by molar-refractivity contribution is 7.89. The molecule has 1 N–H and O–H groups in total. The van der Waals surface area contributed by atoms with Crippen LogP contribution in [0.1, 0.15) is 6.42 Å². The zero-order chi connectivity index (χ0) is 18.6. The Balaban J connectivity index is 0.00000338. The zero-order valence-corrected chi connectivity index (χ0v) is 16.3. The summed E-state index contributed by atoms with van der Waals surface area (Å²) >= 11 is 0. The molecule has 0 bridgehead atoms. The van der Waals surface area contributed by atoms with Crippen molar-refractivity contribution >= 4 is 34.0 Å². The van der Waals surface area contributed by atoms with E-state index in [-0.39, 0.29) is 35.4 Å². The summed E-state index contributed by atoms with van der Waals surface area (Å²) in [5.74, 6) is 0.0998. The second-order valence-corrected chi connectivity index (χ2v) is 8.11. The first-order chi connectivity index (χ1) is 11.8. The Labute approximate surface area is 159 Å². The molecule has 1 fully saturated rings. The van der Waals surface area contributed by atoms with E-state index in [9.17, 15) is 23.3 Å². The third-order valence-corrected chi connectivity index (χ3v) is 6.03. The van der Waals surface area contributed by atoms with E-state index in [0.717, 1.165) is 23.3 Å². The molecule has 0 aliphatic carbocycles. The van der Waals surface area contributed by atoms with Crippen molar-refractivity contribution in [3.63, 3.8) is 0 Å². The van der Waals surface area contributed by atoms with Gasteiger partial charge in [-0.25, -0.2) is 8.42 Å². The van der Waals surface area contributed by atoms with E-state index in [1.165, 1.54) is 25.2 Å². The number of nitro groups is 1. The first-order valence-corrected chi connectivity index (χ1v) is 9.33. The van der Waals surface area contributed by atoms with Gasteiger partial charge in [0.05, 0.1) is 16.4 Å². The highest BCUT2D eigenvalue weighted by Crippen LogP contribution is 2.21. The number of carbonyl (C=O) groups is 1. The lowest BCUT2D eigenvalue weighted by Crippen LogP contribution is -2.40. The van der Waals surface area contributed by atoms with Crippen LogP contribution in [0.2, 0.25) is 0 Å². The van der Waals surface area contributed by atoms with Crippen LogP contribution in [-0.4, -0.2) is 68.7 Å². The second-order valence-electron chi connectivity index (χ2n) is 6.07. The summed E-state index contributed by atoms with van der Waals surface area (Å²) < 4.78 is 26.0. The minimum Gasteiger partial charge on any atom is -0.341 e. The summed E-state index contributed by atoms with van der Waals surface area (Å²) in [6, 6.07) is 4.80. The second kappa shape index (κ2) is 9.26. The molecule has 0 saturated carbocycles. The van der Waals surface area contributed by atoms with Gasteiger partial charge in [0.2, 0.25) is 15.9 Å². The first-order valence-electron chi connectivity index (χ1n) is 7.89. The van der Waals surface area contributed by atoms with E-state index in [1.807, 2.05) is 7.05 Å². The van der Waals surface area contributed by atoms with Crippen LogP contribution in [0, 0.1) is 16.0 Å². The van der Waals surface area contributed by atoms with Gasteiger partial charge in [-0.1, -0.05) is 6.07 Å². The SMILES string of the molecule is CNCC1CCN(C(=O)CN(C)S(=O)(=O)c2cccc([N+](=O)[O-])c2)C1.Cl. The number of amides is 1. The van der Waals surface area contributed by atoms with Crippen LogP contribution in [0.25, 0.3) is 0 Å². The van der Waals surface area contributed by atoms with E-state index in [1.54, 1.807) is 4.90 Å². The number of nitrogens with zero attached hydrogens (tertiary/aromatic N) is 3. The Morgan fingerprint density at radius 3 is 2.77 bits per heavy atom. The van der Waals surface area contributed by atoms with Gasteiger partial charge in [-0.05, 0) is 32.0 Å². The molecule has 2 rings (SSSR count). The lowest BCUT2D eigenvalue weighted by molar-refractivity contribution is -0.385. The normalized spacial score (nSPS) is 17.2. The van der Waals surface area contributed by atoms with Crippen LogP contribution in [0.4, 0.5) is 5.69 Å². The fraction of sp³-hybridized carbons (Fsp3) is 0.533. The van der Waals surface area contributed by atoms with Crippen molar-refractivity contribution in [1.29, 1.82) is 0 Å². The predicted octanol–water partition coefficient (Wildman–Crippen LogP) is 0.705. The Morgan fingerprint density at radius 2 is 2.15 bits per heavy atom. The molecule has 1 aromatic carbocycles. The van der Waals surface area contributed by atoms with Gasteiger partial charge in [0.25, 0.3) is 5.69 Å². The predicted molar refractivity (Wildman–Crippen MR) is 98.8 cm³/mol. The van der Waals surface area contributed by atoms with Crippen LogP contribution >= 0.6 is 12.4 Å². The third-order valence-electron chi connectivity index (χ3n) is 4.23. The Hall–Kier alpha value is -1.75. The van der Waals surface area contributed by atoms with Crippen LogP contribution in [-0.2, 0) is 14.8 Å². The summed E-state index contributed by atoms with van der Waals surface area (Å²) in [6.45, 7) is 1.73. The van der Waals surface area contributed by atoms with Crippen LogP contribution in [0.3, 0.4) is 0 Å². The van der Waals surface area contributed by atoms with Crippen molar-refractivity contribution in [3.8, 4) is 0 Å². The number of benzene rings is 1. The number of halogens is 1. The number of likely N-dealkylation sites (tertiary alicyclic amines) is 1. The molecule has 1 heterocycles. The Bertz CT molecular complexity index is 758. The average Bonchev–Trinajstić information content (AvgIpc) is 3.04. The van der Waals surface area contributed by atoms with Crippen LogP contribution in [0.15, 0.2) is 29.2 Å². The molecule has 11 heteroatoms. The third kappa shape index (κ3) is 5.13.